The number of nitrogens with one attached hydrogen (secondary N) is 1. The molecule has 0 spiro atoms. The minimum Gasteiger partial charge on any atom is -0.389 e. The number of hydrogen-bond acceptors (Lipinski definition) is 3. The van der Waals surface area contributed by atoms with Crippen molar-refractivity contribution in [1.82, 2.24) is 5.32 Å². The molecule has 0 aromatic carbocycles. The Balaban J connectivity index is 3.47. The number of rotatable bonds is 12. The quantitative estimate of drug-likeness (QED) is 0.536. The Hall–Kier alpha value is -0.120. The summed E-state index contributed by atoms with van der Waals surface area (Å²) < 4.78 is 5.48. The van der Waals surface area contributed by atoms with E-state index < -0.39 is 6.10 Å². The van der Waals surface area contributed by atoms with E-state index in [2.05, 4.69) is 39.9 Å². The lowest BCUT2D eigenvalue weighted by Crippen LogP contribution is -2.38. The first-order valence-electron chi connectivity index (χ1n) is 7.86. The highest BCUT2D eigenvalue weighted by Crippen LogP contribution is 2.24. The van der Waals surface area contributed by atoms with Gasteiger partial charge >= 0.3 is 0 Å². The molecule has 0 heterocycles. The van der Waals surface area contributed by atoms with Crippen molar-refractivity contribution in [3.05, 3.63) is 0 Å². The van der Waals surface area contributed by atoms with Crippen molar-refractivity contribution >= 4 is 0 Å². The zero-order valence-corrected chi connectivity index (χ0v) is 13.7. The summed E-state index contributed by atoms with van der Waals surface area (Å²) in [6, 6.07) is 0. The van der Waals surface area contributed by atoms with Gasteiger partial charge in [-0.1, -0.05) is 53.9 Å². The van der Waals surface area contributed by atoms with E-state index >= 15 is 0 Å². The molecule has 0 aromatic heterocycles. The zero-order valence-electron chi connectivity index (χ0n) is 13.7. The molecule has 0 aliphatic rings. The largest absolute Gasteiger partial charge is 0.389 e. The molecule has 0 saturated heterocycles. The van der Waals surface area contributed by atoms with Gasteiger partial charge in [-0.05, 0) is 17.8 Å². The van der Waals surface area contributed by atoms with Gasteiger partial charge in [0.1, 0.15) is 0 Å². The smallest absolute Gasteiger partial charge is 0.0897 e. The predicted octanol–water partition coefficient (Wildman–Crippen LogP) is 3.22. The van der Waals surface area contributed by atoms with Crippen molar-refractivity contribution in [3.8, 4) is 0 Å². The molecule has 1 unspecified atom stereocenters. The average Bonchev–Trinajstić information content (AvgIpc) is 2.33. The van der Waals surface area contributed by atoms with Crippen molar-refractivity contribution in [1.29, 1.82) is 0 Å². The molecule has 116 valence electrons. The van der Waals surface area contributed by atoms with Crippen LogP contribution in [0.15, 0.2) is 0 Å². The van der Waals surface area contributed by atoms with Gasteiger partial charge < -0.3 is 15.2 Å². The van der Waals surface area contributed by atoms with Gasteiger partial charge in [0.2, 0.25) is 0 Å². The van der Waals surface area contributed by atoms with Gasteiger partial charge in [-0.15, -0.1) is 0 Å². The van der Waals surface area contributed by atoms with Gasteiger partial charge in [-0.2, -0.15) is 0 Å². The molecule has 0 aromatic rings. The highest BCUT2D eigenvalue weighted by Gasteiger charge is 2.21. The first-order chi connectivity index (χ1) is 8.90. The van der Waals surface area contributed by atoms with Crippen LogP contribution in [0.2, 0.25) is 0 Å². The van der Waals surface area contributed by atoms with Gasteiger partial charge in [-0.25, -0.2) is 0 Å². The molecule has 0 radical (unpaired) electrons. The van der Waals surface area contributed by atoms with Crippen LogP contribution in [0.5, 0.6) is 0 Å². The van der Waals surface area contributed by atoms with E-state index in [4.69, 9.17) is 4.74 Å². The Kier molecular flexibility index (Phi) is 10.6. The predicted molar refractivity (Wildman–Crippen MR) is 82.5 cm³/mol. The van der Waals surface area contributed by atoms with Crippen LogP contribution in [0, 0.1) is 11.3 Å². The van der Waals surface area contributed by atoms with E-state index in [1.54, 1.807) is 0 Å². The van der Waals surface area contributed by atoms with E-state index in [9.17, 15) is 5.11 Å². The van der Waals surface area contributed by atoms with Crippen molar-refractivity contribution < 1.29 is 9.84 Å². The number of aliphatic hydroxyl groups excluding tert-OH is 1. The summed E-state index contributed by atoms with van der Waals surface area (Å²) >= 11 is 0. The lowest BCUT2D eigenvalue weighted by molar-refractivity contribution is 0.0338. The summed E-state index contributed by atoms with van der Waals surface area (Å²) in [7, 11) is 0. The fourth-order valence-electron chi connectivity index (χ4n) is 1.67. The summed E-state index contributed by atoms with van der Waals surface area (Å²) in [5.41, 5.74) is 0.265. The number of unbranched alkanes of at least 4 members (excludes halogenated alkanes) is 3. The van der Waals surface area contributed by atoms with E-state index in [1.165, 1.54) is 19.3 Å². The first-order valence-corrected chi connectivity index (χ1v) is 7.86. The fourth-order valence-corrected chi connectivity index (χ4v) is 1.67. The third kappa shape index (κ3) is 10.3. The van der Waals surface area contributed by atoms with Crippen LogP contribution in [0.25, 0.3) is 0 Å². The molecule has 0 rings (SSSR count). The lowest BCUT2D eigenvalue weighted by atomic mass is 9.81. The van der Waals surface area contributed by atoms with E-state index in [-0.39, 0.29) is 5.41 Å². The molecular weight excluding hydrogens is 238 g/mol. The second kappa shape index (κ2) is 10.6. The minimum absolute atomic E-state index is 0.265. The van der Waals surface area contributed by atoms with Crippen LogP contribution in [-0.2, 0) is 4.74 Å². The lowest BCUT2D eigenvalue weighted by Gasteiger charge is -2.30. The normalized spacial score (nSPS) is 14.1. The monoisotopic (exact) mass is 273 g/mol. The summed E-state index contributed by atoms with van der Waals surface area (Å²) in [5.74, 6) is 0.631. The van der Waals surface area contributed by atoms with E-state index in [0.717, 1.165) is 19.6 Å². The fraction of sp³-hybridized carbons (Fsp3) is 1.00. The molecule has 2 N–H and O–H groups in total. The third-order valence-electron chi connectivity index (χ3n) is 3.98. The molecule has 19 heavy (non-hydrogen) atoms. The molecule has 1 atom stereocenters. The Labute approximate surface area is 120 Å². The topological polar surface area (TPSA) is 41.5 Å². The molecule has 0 fully saturated rings. The van der Waals surface area contributed by atoms with Crippen LogP contribution >= 0.6 is 0 Å². The maximum Gasteiger partial charge on any atom is 0.0897 e. The van der Waals surface area contributed by atoms with Crippen LogP contribution in [0.4, 0.5) is 0 Å². The summed E-state index contributed by atoms with van der Waals surface area (Å²) in [5, 5.41) is 13.1. The number of hydrogen-bond donors (Lipinski definition) is 2. The van der Waals surface area contributed by atoms with Crippen molar-refractivity contribution in [2.75, 3.05) is 26.3 Å². The minimum atomic E-state index is -0.394. The summed E-state index contributed by atoms with van der Waals surface area (Å²) in [6.45, 7) is 13.9. The van der Waals surface area contributed by atoms with Crippen LogP contribution in [0.3, 0.4) is 0 Å². The zero-order chi connectivity index (χ0) is 14.7. The van der Waals surface area contributed by atoms with Crippen molar-refractivity contribution in [2.24, 2.45) is 11.3 Å². The summed E-state index contributed by atoms with van der Waals surface area (Å²) in [6.07, 6.45) is 4.46. The van der Waals surface area contributed by atoms with Gasteiger partial charge in [0.15, 0.2) is 0 Å². The molecule has 0 amide bonds. The Morgan fingerprint density at radius 2 is 1.84 bits per heavy atom. The molecule has 3 nitrogen and oxygen atoms in total. The maximum atomic E-state index is 9.80. The third-order valence-corrected chi connectivity index (χ3v) is 3.98. The number of ether oxygens (including phenoxy) is 1. The van der Waals surface area contributed by atoms with E-state index in [0.29, 0.717) is 19.1 Å². The van der Waals surface area contributed by atoms with E-state index in [1.807, 2.05) is 0 Å². The standard InChI is InChI=1S/C16H35NO2/c1-6-7-8-9-10-19-12-15(18)11-17-13-16(4,5)14(2)3/h14-15,17-18H,6-13H2,1-5H3. The first kappa shape index (κ1) is 18.9. The van der Waals surface area contributed by atoms with Gasteiger partial charge in [0.05, 0.1) is 12.7 Å². The molecular formula is C16H35NO2. The Morgan fingerprint density at radius 3 is 2.42 bits per heavy atom. The van der Waals surface area contributed by atoms with Crippen molar-refractivity contribution in [3.63, 3.8) is 0 Å². The molecule has 0 aliphatic heterocycles. The van der Waals surface area contributed by atoms with Crippen LogP contribution in [-0.4, -0.2) is 37.5 Å². The average molecular weight is 273 g/mol. The molecule has 3 heteroatoms. The second-order valence-corrected chi connectivity index (χ2v) is 6.56. The molecule has 0 saturated carbocycles. The van der Waals surface area contributed by atoms with Crippen LogP contribution in [0.1, 0.15) is 60.3 Å². The van der Waals surface area contributed by atoms with Gasteiger partial charge in [0, 0.05) is 19.7 Å². The maximum absolute atomic E-state index is 9.80. The molecule has 0 bridgehead atoms. The SMILES string of the molecule is CCCCCCOCC(O)CNCC(C)(C)C(C)C. The highest BCUT2D eigenvalue weighted by molar-refractivity contribution is 4.75. The highest BCUT2D eigenvalue weighted by atomic mass is 16.5. The van der Waals surface area contributed by atoms with Gasteiger partial charge in [-0.3, -0.25) is 0 Å². The second-order valence-electron chi connectivity index (χ2n) is 6.56. The van der Waals surface area contributed by atoms with Gasteiger partial charge in [0.25, 0.3) is 0 Å². The molecule has 0 aliphatic carbocycles. The summed E-state index contributed by atoms with van der Waals surface area (Å²) in [4.78, 5) is 0. The Morgan fingerprint density at radius 1 is 1.16 bits per heavy atom. The van der Waals surface area contributed by atoms with Crippen LogP contribution < -0.4 is 5.32 Å². The van der Waals surface area contributed by atoms with Crippen molar-refractivity contribution in [2.45, 2.75) is 66.4 Å². The number of aliphatic hydroxyl groups is 1. The Bertz CT molecular complexity index is 205.